The van der Waals surface area contributed by atoms with Gasteiger partial charge in [0.25, 0.3) is 0 Å². The molecule has 0 amide bonds. The van der Waals surface area contributed by atoms with Crippen molar-refractivity contribution in [2.24, 2.45) is 5.92 Å². The monoisotopic (exact) mass is 287 g/mol. The van der Waals surface area contributed by atoms with E-state index in [1.165, 1.54) is 13.2 Å². The molecule has 0 bridgehead atoms. The fourth-order valence-corrected chi connectivity index (χ4v) is 3.10. The van der Waals surface area contributed by atoms with Gasteiger partial charge in [-0.2, -0.15) is 0 Å². The molecule has 21 heavy (non-hydrogen) atoms. The van der Waals surface area contributed by atoms with Crippen LogP contribution < -0.4 is 5.32 Å². The highest BCUT2D eigenvalue weighted by Gasteiger charge is 2.30. The zero-order valence-corrected chi connectivity index (χ0v) is 11.9. The van der Waals surface area contributed by atoms with E-state index in [2.05, 4.69) is 5.32 Å². The number of fused-ring (bicyclic) bond motifs is 1. The number of rotatable bonds is 3. The van der Waals surface area contributed by atoms with Gasteiger partial charge in [-0.05, 0) is 42.3 Å². The second-order valence-corrected chi connectivity index (χ2v) is 5.54. The molecule has 1 fully saturated rings. The summed E-state index contributed by atoms with van der Waals surface area (Å²) in [7, 11) is 1.41. The first-order valence-corrected chi connectivity index (χ1v) is 7.16. The van der Waals surface area contributed by atoms with Crippen LogP contribution in [0.3, 0.4) is 0 Å². The van der Waals surface area contributed by atoms with E-state index in [-0.39, 0.29) is 17.8 Å². The van der Waals surface area contributed by atoms with Gasteiger partial charge >= 0.3 is 5.97 Å². The van der Waals surface area contributed by atoms with E-state index in [0.717, 1.165) is 30.3 Å². The van der Waals surface area contributed by atoms with Crippen LogP contribution in [0.4, 0.5) is 4.39 Å². The molecule has 110 valence electrons. The molecular formula is C17H18FNO2. The Hall–Kier alpha value is -1.94. The molecule has 0 spiro atoms. The highest BCUT2D eigenvalue weighted by molar-refractivity contribution is 5.86. The first-order chi connectivity index (χ1) is 10.2. The number of esters is 1. The number of hydrogen-bond donors (Lipinski definition) is 1. The molecule has 4 heteroatoms. The van der Waals surface area contributed by atoms with Gasteiger partial charge in [0, 0.05) is 5.39 Å². The number of nitrogens with one attached hydrogen (secondary N) is 1. The number of carbonyl (C=O) groups is 1. The summed E-state index contributed by atoms with van der Waals surface area (Å²) in [6.07, 6.45) is 1.60. The van der Waals surface area contributed by atoms with Crippen molar-refractivity contribution in [3.63, 3.8) is 0 Å². The fraction of sp³-hybridized carbons (Fsp3) is 0.353. The molecular weight excluding hydrogens is 269 g/mol. The van der Waals surface area contributed by atoms with E-state index in [9.17, 15) is 9.18 Å². The number of carbonyl (C=O) groups excluding carboxylic acids is 1. The van der Waals surface area contributed by atoms with E-state index >= 15 is 0 Å². The standard InChI is InChI=1S/C17H18FNO2/c1-21-17(20)16-9-11(10-19-16)8-12-6-7-15(18)14-5-3-2-4-13(12)14/h2-7,11,16,19H,8-10H2,1H3/t11-,16-/m1/s1. The van der Waals surface area contributed by atoms with Gasteiger partial charge in [-0.15, -0.1) is 0 Å². The molecule has 2 atom stereocenters. The Morgan fingerprint density at radius 2 is 2.05 bits per heavy atom. The first kappa shape index (κ1) is 14.0. The van der Waals surface area contributed by atoms with Gasteiger partial charge in [-0.3, -0.25) is 4.79 Å². The molecule has 2 aromatic carbocycles. The molecule has 1 aliphatic heterocycles. The summed E-state index contributed by atoms with van der Waals surface area (Å²) >= 11 is 0. The number of ether oxygens (including phenoxy) is 1. The van der Waals surface area contributed by atoms with E-state index in [0.29, 0.717) is 11.3 Å². The molecule has 0 radical (unpaired) electrons. The van der Waals surface area contributed by atoms with Crippen LogP contribution in [-0.2, 0) is 16.0 Å². The summed E-state index contributed by atoms with van der Waals surface area (Å²) in [5.41, 5.74) is 1.13. The Morgan fingerprint density at radius 1 is 1.29 bits per heavy atom. The maximum Gasteiger partial charge on any atom is 0.322 e. The fourth-order valence-electron chi connectivity index (χ4n) is 3.10. The van der Waals surface area contributed by atoms with Crippen LogP contribution in [0.2, 0.25) is 0 Å². The van der Waals surface area contributed by atoms with Crippen LogP contribution >= 0.6 is 0 Å². The first-order valence-electron chi connectivity index (χ1n) is 7.16. The lowest BCUT2D eigenvalue weighted by Gasteiger charge is -2.12. The maximum absolute atomic E-state index is 13.8. The van der Waals surface area contributed by atoms with Gasteiger partial charge in [0.2, 0.25) is 0 Å². The summed E-state index contributed by atoms with van der Waals surface area (Å²) in [6, 6.07) is 10.7. The molecule has 3 nitrogen and oxygen atoms in total. The normalized spacial score (nSPS) is 21.6. The SMILES string of the molecule is COC(=O)[C@H]1C[C@@H](Cc2ccc(F)c3ccccc23)CN1. The van der Waals surface area contributed by atoms with Gasteiger partial charge in [-0.25, -0.2) is 4.39 Å². The van der Waals surface area contributed by atoms with Crippen molar-refractivity contribution in [3.8, 4) is 0 Å². The molecule has 0 unspecified atom stereocenters. The Bertz CT molecular complexity index is 671. The third-order valence-corrected chi connectivity index (χ3v) is 4.18. The molecule has 2 aromatic rings. The second kappa shape index (κ2) is 5.82. The number of methoxy groups -OCH3 is 1. The Balaban J connectivity index is 1.80. The zero-order chi connectivity index (χ0) is 14.8. The van der Waals surface area contributed by atoms with E-state index in [4.69, 9.17) is 4.74 Å². The quantitative estimate of drug-likeness (QED) is 0.882. The lowest BCUT2D eigenvalue weighted by Crippen LogP contribution is -2.31. The number of benzene rings is 2. The van der Waals surface area contributed by atoms with Crippen molar-refractivity contribution in [2.75, 3.05) is 13.7 Å². The van der Waals surface area contributed by atoms with Crippen LogP contribution in [0.5, 0.6) is 0 Å². The van der Waals surface area contributed by atoms with Gasteiger partial charge in [-0.1, -0.05) is 30.3 Å². The van der Waals surface area contributed by atoms with E-state index in [1.54, 1.807) is 6.07 Å². The minimum Gasteiger partial charge on any atom is -0.468 e. The van der Waals surface area contributed by atoms with Crippen LogP contribution in [0.25, 0.3) is 10.8 Å². The molecule has 1 heterocycles. The largest absolute Gasteiger partial charge is 0.468 e. The van der Waals surface area contributed by atoms with Gasteiger partial charge in [0.05, 0.1) is 7.11 Å². The summed E-state index contributed by atoms with van der Waals surface area (Å²) in [4.78, 5) is 11.5. The van der Waals surface area contributed by atoms with Gasteiger partial charge in [0.1, 0.15) is 11.9 Å². The smallest absolute Gasteiger partial charge is 0.322 e. The molecule has 0 aromatic heterocycles. The molecule has 1 N–H and O–H groups in total. The summed E-state index contributed by atoms with van der Waals surface area (Å²) in [5.74, 6) is -0.0317. The molecule has 0 saturated carbocycles. The lowest BCUT2D eigenvalue weighted by molar-refractivity contribution is -0.142. The predicted molar refractivity (Wildman–Crippen MR) is 79.5 cm³/mol. The van der Waals surface area contributed by atoms with Gasteiger partial charge in [0.15, 0.2) is 0 Å². The topological polar surface area (TPSA) is 38.3 Å². The van der Waals surface area contributed by atoms with Crippen molar-refractivity contribution >= 4 is 16.7 Å². The van der Waals surface area contributed by atoms with Crippen molar-refractivity contribution < 1.29 is 13.9 Å². The zero-order valence-electron chi connectivity index (χ0n) is 11.9. The molecule has 1 saturated heterocycles. The number of hydrogen-bond acceptors (Lipinski definition) is 3. The Morgan fingerprint density at radius 3 is 2.81 bits per heavy atom. The average Bonchev–Trinajstić information content (AvgIpc) is 2.98. The average molecular weight is 287 g/mol. The van der Waals surface area contributed by atoms with Crippen molar-refractivity contribution in [3.05, 3.63) is 47.8 Å². The summed E-state index contributed by atoms with van der Waals surface area (Å²) < 4.78 is 18.6. The molecule has 3 rings (SSSR count). The van der Waals surface area contributed by atoms with Crippen LogP contribution in [0.1, 0.15) is 12.0 Å². The van der Waals surface area contributed by atoms with Crippen LogP contribution in [-0.4, -0.2) is 25.7 Å². The van der Waals surface area contributed by atoms with Crippen LogP contribution in [0.15, 0.2) is 36.4 Å². The highest BCUT2D eigenvalue weighted by Crippen LogP contribution is 2.26. The molecule has 1 aliphatic rings. The van der Waals surface area contributed by atoms with E-state index < -0.39 is 0 Å². The minimum atomic E-state index is -0.216. The minimum absolute atomic E-state index is 0.189. The van der Waals surface area contributed by atoms with Crippen molar-refractivity contribution in [2.45, 2.75) is 18.9 Å². The van der Waals surface area contributed by atoms with E-state index in [1.807, 2.05) is 24.3 Å². The predicted octanol–water partition coefficient (Wildman–Crippen LogP) is 2.67. The Labute approximate surface area is 123 Å². The highest BCUT2D eigenvalue weighted by atomic mass is 19.1. The molecule has 0 aliphatic carbocycles. The van der Waals surface area contributed by atoms with Crippen LogP contribution in [0, 0.1) is 11.7 Å². The van der Waals surface area contributed by atoms with Crippen molar-refractivity contribution in [1.29, 1.82) is 0 Å². The third-order valence-electron chi connectivity index (χ3n) is 4.18. The summed E-state index contributed by atoms with van der Waals surface area (Å²) in [5, 5.41) is 4.80. The van der Waals surface area contributed by atoms with Gasteiger partial charge < -0.3 is 10.1 Å². The maximum atomic E-state index is 13.8. The lowest BCUT2D eigenvalue weighted by atomic mass is 9.93. The third kappa shape index (κ3) is 2.76. The summed E-state index contributed by atoms with van der Waals surface area (Å²) in [6.45, 7) is 0.783. The Kier molecular flexibility index (Phi) is 3.88. The second-order valence-electron chi connectivity index (χ2n) is 5.54. The van der Waals surface area contributed by atoms with Crippen molar-refractivity contribution in [1.82, 2.24) is 5.32 Å². The number of halogens is 1.